The number of imide groups is 1. The third-order valence-electron chi connectivity index (χ3n) is 5.54. The van der Waals surface area contributed by atoms with Crippen LogP contribution in [0.4, 0.5) is 10.7 Å². The van der Waals surface area contributed by atoms with Crippen molar-refractivity contribution in [2.45, 2.75) is 25.9 Å². The van der Waals surface area contributed by atoms with E-state index in [4.69, 9.17) is 4.74 Å². The molecule has 0 atom stereocenters. The van der Waals surface area contributed by atoms with Crippen LogP contribution in [0.3, 0.4) is 0 Å². The van der Waals surface area contributed by atoms with E-state index in [-0.39, 0.29) is 29.7 Å². The van der Waals surface area contributed by atoms with E-state index in [1.165, 1.54) is 13.3 Å². The zero-order valence-corrected chi connectivity index (χ0v) is 19.8. The second-order valence-corrected chi connectivity index (χ2v) is 8.50. The molecule has 1 saturated heterocycles. The highest BCUT2D eigenvalue weighted by atomic mass is 16.5. The first kappa shape index (κ1) is 24.2. The minimum Gasteiger partial charge on any atom is -0.496 e. The number of carbonyl (C=O) groups is 2. The number of hydrogen-bond acceptors (Lipinski definition) is 8. The van der Waals surface area contributed by atoms with Gasteiger partial charge in [-0.1, -0.05) is 30.3 Å². The Hall–Kier alpha value is -4.98. The molecule has 2 aromatic carbocycles. The average molecular weight is 486 g/mol. The zero-order chi connectivity index (χ0) is 25.9. The number of nitrogens with zero attached hydrogens (tertiary/aromatic N) is 4. The number of aromatic amines is 1. The van der Waals surface area contributed by atoms with Crippen LogP contribution in [-0.4, -0.2) is 45.7 Å². The largest absolute Gasteiger partial charge is 0.496 e. The van der Waals surface area contributed by atoms with Gasteiger partial charge in [0.25, 0.3) is 11.5 Å². The van der Waals surface area contributed by atoms with Crippen molar-refractivity contribution in [3.05, 3.63) is 75.6 Å². The van der Waals surface area contributed by atoms with E-state index in [0.717, 1.165) is 4.90 Å². The maximum Gasteiger partial charge on any atom is 0.325 e. The van der Waals surface area contributed by atoms with Crippen LogP contribution in [0.15, 0.2) is 58.4 Å². The van der Waals surface area contributed by atoms with Crippen molar-refractivity contribution in [1.82, 2.24) is 20.2 Å². The van der Waals surface area contributed by atoms with Gasteiger partial charge in [0.1, 0.15) is 22.9 Å². The molecule has 0 saturated carbocycles. The summed E-state index contributed by atoms with van der Waals surface area (Å²) in [5, 5.41) is 16.2. The van der Waals surface area contributed by atoms with Crippen LogP contribution in [0.5, 0.6) is 5.75 Å². The van der Waals surface area contributed by atoms with Crippen molar-refractivity contribution >= 4 is 24.1 Å². The topological polar surface area (TPSA) is 153 Å². The Morgan fingerprint density at radius 1 is 1.19 bits per heavy atom. The predicted molar refractivity (Wildman–Crippen MR) is 132 cm³/mol. The lowest BCUT2D eigenvalue weighted by atomic mass is 10.1. The molecule has 1 aliphatic rings. The molecular weight excluding hydrogens is 462 g/mol. The monoisotopic (exact) mass is 485 g/mol. The molecule has 0 bridgehead atoms. The number of amides is 3. The number of ether oxygens (including phenoxy) is 1. The molecule has 182 valence electrons. The van der Waals surface area contributed by atoms with Crippen LogP contribution >= 0.6 is 0 Å². The summed E-state index contributed by atoms with van der Waals surface area (Å²) in [7, 11) is 1.50. The lowest BCUT2D eigenvalue weighted by molar-refractivity contribution is -0.130. The van der Waals surface area contributed by atoms with Crippen molar-refractivity contribution in [2.75, 3.05) is 12.5 Å². The Balaban J connectivity index is 1.57. The van der Waals surface area contributed by atoms with E-state index in [0.29, 0.717) is 22.4 Å². The van der Waals surface area contributed by atoms with E-state index in [1.807, 2.05) is 12.1 Å². The number of hydrazone groups is 1. The van der Waals surface area contributed by atoms with Crippen molar-refractivity contribution in [3.63, 3.8) is 0 Å². The van der Waals surface area contributed by atoms with E-state index >= 15 is 0 Å². The van der Waals surface area contributed by atoms with Crippen LogP contribution in [0.1, 0.15) is 30.5 Å². The summed E-state index contributed by atoms with van der Waals surface area (Å²) in [4.78, 5) is 45.2. The predicted octanol–water partition coefficient (Wildman–Crippen LogP) is 2.59. The third kappa shape index (κ3) is 4.78. The highest BCUT2D eigenvalue weighted by Crippen LogP contribution is 2.25. The number of carbonyl (C=O) groups excluding carboxylic acids is 2. The summed E-state index contributed by atoms with van der Waals surface area (Å²) in [6, 6.07) is 15.5. The summed E-state index contributed by atoms with van der Waals surface area (Å²) in [5.74, 6) is 0.237. The van der Waals surface area contributed by atoms with Gasteiger partial charge in [0, 0.05) is 11.1 Å². The molecule has 11 nitrogen and oxygen atoms in total. The van der Waals surface area contributed by atoms with Gasteiger partial charge in [-0.05, 0) is 37.6 Å². The minimum atomic E-state index is -0.975. The van der Waals surface area contributed by atoms with E-state index < -0.39 is 17.1 Å². The molecule has 4 rings (SSSR count). The molecule has 3 aromatic rings. The van der Waals surface area contributed by atoms with E-state index in [2.05, 4.69) is 25.8 Å². The lowest BCUT2D eigenvalue weighted by Crippen LogP contribution is -2.40. The third-order valence-corrected chi connectivity index (χ3v) is 5.54. The van der Waals surface area contributed by atoms with Gasteiger partial charge >= 0.3 is 6.03 Å². The number of aromatic nitrogens is 2. The lowest BCUT2D eigenvalue weighted by Gasteiger charge is -2.17. The van der Waals surface area contributed by atoms with Crippen LogP contribution in [0.25, 0.3) is 11.3 Å². The fourth-order valence-electron chi connectivity index (χ4n) is 3.74. The maximum absolute atomic E-state index is 12.6. The molecule has 11 heteroatoms. The maximum atomic E-state index is 12.6. The minimum absolute atomic E-state index is 0.0251. The fourth-order valence-corrected chi connectivity index (χ4v) is 3.74. The molecule has 1 aromatic heterocycles. The SMILES string of the molecule is COc1ccc(C=NNc2nc(-c3ccccc3)c(C#N)c(=O)[nH]2)cc1CN1C(=O)NC(C)(C)C1=O. The van der Waals surface area contributed by atoms with Crippen molar-refractivity contribution in [3.8, 4) is 23.1 Å². The first-order chi connectivity index (χ1) is 17.2. The van der Waals surface area contributed by atoms with Crippen molar-refractivity contribution in [1.29, 1.82) is 5.26 Å². The molecular formula is C25H23N7O4. The van der Waals surface area contributed by atoms with Crippen LogP contribution < -0.4 is 21.0 Å². The van der Waals surface area contributed by atoms with Crippen LogP contribution in [0, 0.1) is 11.3 Å². The quantitative estimate of drug-likeness (QED) is 0.264. The second-order valence-electron chi connectivity index (χ2n) is 8.50. The Bertz CT molecular complexity index is 1460. The molecule has 0 spiro atoms. The Morgan fingerprint density at radius 3 is 2.58 bits per heavy atom. The molecule has 0 radical (unpaired) electrons. The van der Waals surface area contributed by atoms with Crippen LogP contribution in [0.2, 0.25) is 0 Å². The highest BCUT2D eigenvalue weighted by molar-refractivity contribution is 6.06. The number of nitrogens with one attached hydrogen (secondary N) is 3. The number of nitriles is 1. The molecule has 0 unspecified atom stereocenters. The van der Waals surface area contributed by atoms with Gasteiger partial charge in [0.2, 0.25) is 5.95 Å². The molecule has 3 amide bonds. The molecule has 1 aliphatic heterocycles. The Labute approximate surface area is 206 Å². The van der Waals surface area contributed by atoms with E-state index in [1.54, 1.807) is 56.3 Å². The highest BCUT2D eigenvalue weighted by Gasteiger charge is 2.44. The summed E-state index contributed by atoms with van der Waals surface area (Å²) < 4.78 is 5.39. The number of benzene rings is 2. The number of H-pyrrole nitrogens is 1. The van der Waals surface area contributed by atoms with Gasteiger partial charge in [0.15, 0.2) is 0 Å². The van der Waals surface area contributed by atoms with Gasteiger partial charge in [-0.3, -0.25) is 19.5 Å². The molecule has 1 fully saturated rings. The number of methoxy groups -OCH3 is 1. The molecule has 3 N–H and O–H groups in total. The summed E-state index contributed by atoms with van der Waals surface area (Å²) in [6.45, 7) is 3.31. The fraction of sp³-hybridized carbons (Fsp3) is 0.200. The first-order valence-electron chi connectivity index (χ1n) is 10.9. The summed E-state index contributed by atoms with van der Waals surface area (Å²) in [5.41, 5.74) is 3.12. The Kier molecular flexibility index (Phi) is 6.52. The smallest absolute Gasteiger partial charge is 0.325 e. The molecule has 0 aliphatic carbocycles. The van der Waals surface area contributed by atoms with Gasteiger partial charge in [-0.2, -0.15) is 10.4 Å². The van der Waals surface area contributed by atoms with Gasteiger partial charge in [-0.25, -0.2) is 15.2 Å². The number of urea groups is 1. The van der Waals surface area contributed by atoms with Gasteiger partial charge in [0.05, 0.1) is 25.6 Å². The average Bonchev–Trinajstić information content (AvgIpc) is 3.05. The van der Waals surface area contributed by atoms with Gasteiger partial charge < -0.3 is 10.1 Å². The van der Waals surface area contributed by atoms with E-state index in [9.17, 15) is 19.6 Å². The normalized spacial score (nSPS) is 14.6. The Morgan fingerprint density at radius 2 is 1.94 bits per heavy atom. The molecule has 36 heavy (non-hydrogen) atoms. The summed E-state index contributed by atoms with van der Waals surface area (Å²) >= 11 is 0. The molecule has 2 heterocycles. The second kappa shape index (κ2) is 9.71. The van der Waals surface area contributed by atoms with Gasteiger partial charge in [-0.15, -0.1) is 0 Å². The van der Waals surface area contributed by atoms with Crippen LogP contribution in [-0.2, 0) is 11.3 Å². The van der Waals surface area contributed by atoms with Crippen molar-refractivity contribution < 1.29 is 14.3 Å². The number of anilines is 1. The number of hydrogen-bond donors (Lipinski definition) is 3. The number of rotatable bonds is 7. The summed E-state index contributed by atoms with van der Waals surface area (Å²) in [6.07, 6.45) is 1.49. The van der Waals surface area contributed by atoms with Crippen molar-refractivity contribution in [2.24, 2.45) is 5.10 Å². The zero-order valence-electron chi connectivity index (χ0n) is 19.8. The standard InChI is InChI=1S/C25H23N7O4/c1-25(2)22(34)32(24(35)30-25)14-17-11-15(9-10-19(17)36-3)13-27-31-23-28-20(16-7-5-4-6-8-16)18(12-26)21(33)29-23/h4-11,13H,14H2,1-3H3,(H,30,35)(H2,28,29,31,33). The first-order valence-corrected chi connectivity index (χ1v) is 10.9.